The van der Waals surface area contributed by atoms with Gasteiger partial charge in [0.15, 0.2) is 0 Å². The summed E-state index contributed by atoms with van der Waals surface area (Å²) in [7, 11) is 0. The van der Waals surface area contributed by atoms with E-state index in [1.165, 1.54) is 12.1 Å². The number of nitrogens with zero attached hydrogens (tertiary/aromatic N) is 1. The predicted molar refractivity (Wildman–Crippen MR) is 76.6 cm³/mol. The Balaban J connectivity index is 1.83. The van der Waals surface area contributed by atoms with Gasteiger partial charge in [-0.1, -0.05) is 18.2 Å². The minimum Gasteiger partial charge on any atom is -0.464 e. The minimum atomic E-state index is -0.649. The Labute approximate surface area is 119 Å². The number of nitro groups is 1. The Bertz CT molecular complexity index is 814. The third-order valence-electron chi connectivity index (χ3n) is 3.14. The number of benzene rings is 2. The van der Waals surface area contributed by atoms with E-state index in [2.05, 4.69) is 5.32 Å². The molecule has 1 aromatic heterocycles. The van der Waals surface area contributed by atoms with Crippen molar-refractivity contribution in [1.29, 1.82) is 0 Å². The molecule has 0 atom stereocenters. The standard InChI is InChI=1S/C15H11FN2O3/c16-11-5-12(7-13(6-11)18(19)20)17-8-10-9-21-15-4-2-1-3-14(10)15/h1-7,9,17H,8H2. The van der Waals surface area contributed by atoms with E-state index in [-0.39, 0.29) is 5.69 Å². The molecular weight excluding hydrogens is 275 g/mol. The van der Waals surface area contributed by atoms with Crippen molar-refractivity contribution in [3.63, 3.8) is 0 Å². The molecule has 0 aliphatic carbocycles. The maximum absolute atomic E-state index is 13.3. The third kappa shape index (κ3) is 2.69. The molecule has 0 aliphatic rings. The molecule has 0 radical (unpaired) electrons. The van der Waals surface area contributed by atoms with E-state index in [0.29, 0.717) is 12.2 Å². The van der Waals surface area contributed by atoms with Gasteiger partial charge in [0.2, 0.25) is 0 Å². The van der Waals surface area contributed by atoms with Crippen LogP contribution in [0.4, 0.5) is 15.8 Å². The van der Waals surface area contributed by atoms with E-state index in [9.17, 15) is 14.5 Å². The lowest BCUT2D eigenvalue weighted by atomic mass is 10.1. The number of furan rings is 1. The minimum absolute atomic E-state index is 0.283. The van der Waals surface area contributed by atoms with Gasteiger partial charge in [0, 0.05) is 29.2 Å². The van der Waals surface area contributed by atoms with Crippen molar-refractivity contribution in [2.24, 2.45) is 0 Å². The van der Waals surface area contributed by atoms with E-state index in [1.807, 2.05) is 24.3 Å². The first-order valence-corrected chi connectivity index (χ1v) is 6.27. The number of rotatable bonds is 4. The molecule has 2 aromatic carbocycles. The van der Waals surface area contributed by atoms with Crippen LogP contribution in [0.15, 0.2) is 53.1 Å². The SMILES string of the molecule is O=[N+]([O-])c1cc(F)cc(NCc2coc3ccccc23)c1. The van der Waals surface area contributed by atoms with Gasteiger partial charge in [-0.2, -0.15) is 0 Å². The van der Waals surface area contributed by atoms with Gasteiger partial charge in [-0.05, 0) is 12.1 Å². The molecule has 6 heteroatoms. The number of hydrogen-bond acceptors (Lipinski definition) is 4. The van der Waals surface area contributed by atoms with E-state index in [4.69, 9.17) is 4.42 Å². The second-order valence-electron chi connectivity index (χ2n) is 4.57. The fourth-order valence-corrected chi connectivity index (χ4v) is 2.15. The van der Waals surface area contributed by atoms with Gasteiger partial charge in [0.05, 0.1) is 17.3 Å². The zero-order valence-electron chi connectivity index (χ0n) is 10.9. The van der Waals surface area contributed by atoms with Crippen LogP contribution in [0.2, 0.25) is 0 Å². The third-order valence-corrected chi connectivity index (χ3v) is 3.14. The Morgan fingerprint density at radius 1 is 1.24 bits per heavy atom. The highest BCUT2D eigenvalue weighted by atomic mass is 19.1. The van der Waals surface area contributed by atoms with E-state index >= 15 is 0 Å². The first-order valence-electron chi connectivity index (χ1n) is 6.27. The number of fused-ring (bicyclic) bond motifs is 1. The number of nitrogens with one attached hydrogen (secondary N) is 1. The van der Waals surface area contributed by atoms with Crippen LogP contribution in [0.3, 0.4) is 0 Å². The number of halogens is 1. The second-order valence-corrected chi connectivity index (χ2v) is 4.57. The lowest BCUT2D eigenvalue weighted by Gasteiger charge is -2.05. The number of anilines is 1. The van der Waals surface area contributed by atoms with Crippen molar-refractivity contribution in [3.05, 3.63) is 70.2 Å². The first-order chi connectivity index (χ1) is 10.1. The van der Waals surface area contributed by atoms with E-state index in [0.717, 1.165) is 22.6 Å². The molecule has 1 N–H and O–H groups in total. The molecule has 1 heterocycles. The number of non-ortho nitro benzene ring substituents is 1. The quantitative estimate of drug-likeness (QED) is 0.579. The monoisotopic (exact) mass is 286 g/mol. The predicted octanol–water partition coefficient (Wildman–Crippen LogP) is 4.09. The molecule has 21 heavy (non-hydrogen) atoms. The summed E-state index contributed by atoms with van der Waals surface area (Å²) in [6.45, 7) is 0.387. The number of nitro benzene ring substituents is 1. The maximum atomic E-state index is 13.3. The van der Waals surface area contributed by atoms with Gasteiger partial charge in [-0.15, -0.1) is 0 Å². The van der Waals surface area contributed by atoms with Crippen LogP contribution in [-0.2, 0) is 6.54 Å². The average Bonchev–Trinajstić information content (AvgIpc) is 2.88. The van der Waals surface area contributed by atoms with Crippen molar-refractivity contribution in [1.82, 2.24) is 0 Å². The van der Waals surface area contributed by atoms with Crippen LogP contribution >= 0.6 is 0 Å². The highest BCUT2D eigenvalue weighted by molar-refractivity contribution is 5.81. The summed E-state index contributed by atoms with van der Waals surface area (Å²) in [5.74, 6) is -0.649. The molecular formula is C15H11FN2O3. The van der Waals surface area contributed by atoms with Crippen molar-refractivity contribution in [2.75, 3.05) is 5.32 Å². The zero-order chi connectivity index (χ0) is 14.8. The molecule has 0 unspecified atom stereocenters. The van der Waals surface area contributed by atoms with Crippen LogP contribution in [0.25, 0.3) is 11.0 Å². The summed E-state index contributed by atoms with van der Waals surface area (Å²) < 4.78 is 18.7. The van der Waals surface area contributed by atoms with Gasteiger partial charge in [-0.25, -0.2) is 4.39 Å². The molecule has 0 spiro atoms. The van der Waals surface area contributed by atoms with Crippen LogP contribution in [0.1, 0.15) is 5.56 Å². The molecule has 0 bridgehead atoms. The second kappa shape index (κ2) is 5.24. The highest BCUT2D eigenvalue weighted by Crippen LogP contribution is 2.24. The molecule has 5 nitrogen and oxygen atoms in total. The molecule has 0 amide bonds. The van der Waals surface area contributed by atoms with Gasteiger partial charge in [0.25, 0.3) is 5.69 Å². The zero-order valence-corrected chi connectivity index (χ0v) is 10.9. The van der Waals surface area contributed by atoms with Crippen molar-refractivity contribution < 1.29 is 13.7 Å². The van der Waals surface area contributed by atoms with Crippen LogP contribution < -0.4 is 5.32 Å². The Morgan fingerprint density at radius 2 is 2.05 bits per heavy atom. The average molecular weight is 286 g/mol. The van der Waals surface area contributed by atoms with Crippen molar-refractivity contribution in [2.45, 2.75) is 6.54 Å². The lowest BCUT2D eigenvalue weighted by Crippen LogP contribution is -2.00. The summed E-state index contributed by atoms with van der Waals surface area (Å²) in [5.41, 5.74) is 1.73. The molecule has 0 saturated heterocycles. The lowest BCUT2D eigenvalue weighted by molar-refractivity contribution is -0.385. The molecule has 0 saturated carbocycles. The Kier molecular flexibility index (Phi) is 3.27. The van der Waals surface area contributed by atoms with Crippen molar-refractivity contribution in [3.8, 4) is 0 Å². The summed E-state index contributed by atoms with van der Waals surface area (Å²) in [5, 5.41) is 14.6. The van der Waals surface area contributed by atoms with Crippen LogP contribution in [0, 0.1) is 15.9 Å². The van der Waals surface area contributed by atoms with Gasteiger partial charge in [-0.3, -0.25) is 10.1 Å². The molecule has 3 rings (SSSR count). The van der Waals surface area contributed by atoms with Crippen molar-refractivity contribution >= 4 is 22.3 Å². The number of hydrogen-bond donors (Lipinski definition) is 1. The fraction of sp³-hybridized carbons (Fsp3) is 0.0667. The number of para-hydroxylation sites is 1. The Hall–Kier alpha value is -2.89. The molecule has 106 valence electrons. The summed E-state index contributed by atoms with van der Waals surface area (Å²) in [4.78, 5) is 10.1. The molecule has 0 fully saturated rings. The summed E-state index contributed by atoms with van der Waals surface area (Å²) >= 11 is 0. The van der Waals surface area contributed by atoms with E-state index < -0.39 is 10.7 Å². The Morgan fingerprint density at radius 3 is 2.86 bits per heavy atom. The smallest absolute Gasteiger partial charge is 0.274 e. The van der Waals surface area contributed by atoms with Crippen LogP contribution in [0.5, 0.6) is 0 Å². The summed E-state index contributed by atoms with van der Waals surface area (Å²) in [6, 6.07) is 10.9. The normalized spacial score (nSPS) is 10.7. The molecule has 3 aromatic rings. The maximum Gasteiger partial charge on any atom is 0.274 e. The van der Waals surface area contributed by atoms with Crippen LogP contribution in [-0.4, -0.2) is 4.92 Å². The largest absolute Gasteiger partial charge is 0.464 e. The fourth-order valence-electron chi connectivity index (χ4n) is 2.15. The highest BCUT2D eigenvalue weighted by Gasteiger charge is 2.10. The van der Waals surface area contributed by atoms with Gasteiger partial charge >= 0.3 is 0 Å². The topological polar surface area (TPSA) is 68.3 Å². The van der Waals surface area contributed by atoms with Gasteiger partial charge < -0.3 is 9.73 Å². The van der Waals surface area contributed by atoms with Gasteiger partial charge in [0.1, 0.15) is 11.4 Å². The summed E-state index contributed by atoms with van der Waals surface area (Å²) in [6.07, 6.45) is 1.62. The first kappa shape index (κ1) is 13.1. The van der Waals surface area contributed by atoms with E-state index in [1.54, 1.807) is 6.26 Å². The molecule has 0 aliphatic heterocycles.